The zero-order valence-electron chi connectivity index (χ0n) is 6.38. The van der Waals surface area contributed by atoms with E-state index in [9.17, 15) is 18.9 Å². The third-order valence-electron chi connectivity index (χ3n) is 1.33. The van der Waals surface area contributed by atoms with Gasteiger partial charge in [-0.2, -0.15) is 0 Å². The van der Waals surface area contributed by atoms with Crippen LogP contribution >= 0.6 is 34.2 Å². The van der Waals surface area contributed by atoms with Gasteiger partial charge in [0.25, 0.3) is 6.43 Å². The molecule has 0 aromatic carbocycles. The van der Waals surface area contributed by atoms with Crippen molar-refractivity contribution in [1.29, 1.82) is 0 Å². The first-order valence-corrected chi connectivity index (χ1v) is 4.67. The average Bonchev–Trinajstić information content (AvgIpc) is 2.01. The topological polar surface area (TPSA) is 56.0 Å². The minimum Gasteiger partial charge on any atom is -0.258 e. The Kier molecular flexibility index (Phi) is 3.53. The van der Waals surface area contributed by atoms with E-state index in [1.165, 1.54) is 0 Å². The minimum absolute atomic E-state index is 0.0444. The summed E-state index contributed by atoms with van der Waals surface area (Å²) >= 11 is 6.94. The van der Waals surface area contributed by atoms with Crippen molar-refractivity contribution >= 4 is 39.9 Å². The molecule has 8 heteroatoms. The summed E-state index contributed by atoms with van der Waals surface area (Å²) in [6, 6.07) is 0.940. The summed E-state index contributed by atoms with van der Waals surface area (Å²) in [6.07, 6.45) is -2.79. The van der Waals surface area contributed by atoms with E-state index in [-0.39, 0.29) is 3.57 Å². The highest BCUT2D eigenvalue weighted by atomic mass is 127. The monoisotopic (exact) mass is 334 g/mol. The lowest BCUT2D eigenvalue weighted by atomic mass is 10.3. The molecule has 0 radical (unpaired) electrons. The predicted octanol–water partition coefficient (Wildman–Crippen LogP) is 3.19. The lowest BCUT2D eigenvalue weighted by Crippen LogP contribution is -1.99. The van der Waals surface area contributed by atoms with Gasteiger partial charge in [0.15, 0.2) is 0 Å². The van der Waals surface area contributed by atoms with Gasteiger partial charge in [-0.25, -0.2) is 13.8 Å². The second kappa shape index (κ2) is 4.30. The summed E-state index contributed by atoms with van der Waals surface area (Å²) < 4.78 is 24.4. The molecular weight excluding hydrogens is 332 g/mol. The number of rotatable bonds is 2. The van der Waals surface area contributed by atoms with Crippen LogP contribution in [0.15, 0.2) is 6.07 Å². The van der Waals surface area contributed by atoms with E-state index in [2.05, 4.69) is 4.98 Å². The minimum atomic E-state index is -2.79. The van der Waals surface area contributed by atoms with E-state index in [0.717, 1.165) is 6.07 Å². The maximum atomic E-state index is 12.2. The first kappa shape index (κ1) is 11.5. The van der Waals surface area contributed by atoms with Gasteiger partial charge in [-0.05, 0) is 28.7 Å². The van der Waals surface area contributed by atoms with Crippen LogP contribution in [0.2, 0.25) is 5.15 Å². The van der Waals surface area contributed by atoms with Crippen LogP contribution in [-0.4, -0.2) is 9.91 Å². The number of nitro groups is 1. The first-order chi connectivity index (χ1) is 6.43. The molecule has 14 heavy (non-hydrogen) atoms. The van der Waals surface area contributed by atoms with Crippen LogP contribution in [0.5, 0.6) is 0 Å². The number of hydrogen-bond acceptors (Lipinski definition) is 3. The lowest BCUT2D eigenvalue weighted by molar-refractivity contribution is -0.386. The second-order valence-electron chi connectivity index (χ2n) is 2.23. The van der Waals surface area contributed by atoms with Gasteiger partial charge in [0.2, 0.25) is 5.15 Å². The SMILES string of the molecule is O=[N+]([O-])c1c(I)cc(C(F)F)nc1Cl. The van der Waals surface area contributed by atoms with Gasteiger partial charge in [0.1, 0.15) is 5.69 Å². The molecule has 0 saturated heterocycles. The van der Waals surface area contributed by atoms with E-state index >= 15 is 0 Å². The third kappa shape index (κ3) is 2.27. The van der Waals surface area contributed by atoms with Crippen LogP contribution in [0.1, 0.15) is 12.1 Å². The molecule has 0 aliphatic carbocycles. The van der Waals surface area contributed by atoms with Gasteiger partial charge in [-0.1, -0.05) is 11.6 Å². The smallest absolute Gasteiger partial charge is 0.258 e. The lowest BCUT2D eigenvalue weighted by Gasteiger charge is -2.01. The molecule has 0 amide bonds. The molecule has 1 heterocycles. The maximum Gasteiger partial charge on any atom is 0.319 e. The van der Waals surface area contributed by atoms with Crippen molar-refractivity contribution < 1.29 is 13.7 Å². The number of hydrogen-bond donors (Lipinski definition) is 0. The van der Waals surface area contributed by atoms with Gasteiger partial charge in [-0.15, -0.1) is 0 Å². The van der Waals surface area contributed by atoms with Crippen molar-refractivity contribution in [2.24, 2.45) is 0 Å². The molecule has 0 aliphatic heterocycles. The summed E-state index contributed by atoms with van der Waals surface area (Å²) in [6.45, 7) is 0. The maximum absolute atomic E-state index is 12.2. The van der Waals surface area contributed by atoms with E-state index in [4.69, 9.17) is 11.6 Å². The van der Waals surface area contributed by atoms with E-state index in [1.807, 2.05) is 0 Å². The summed E-state index contributed by atoms with van der Waals surface area (Å²) in [4.78, 5) is 12.9. The van der Waals surface area contributed by atoms with E-state index in [1.54, 1.807) is 22.6 Å². The summed E-state index contributed by atoms with van der Waals surface area (Å²) in [5.41, 5.74) is -1.01. The summed E-state index contributed by atoms with van der Waals surface area (Å²) in [5, 5.41) is 9.90. The molecule has 0 fully saturated rings. The molecule has 0 atom stereocenters. The normalized spacial score (nSPS) is 10.6. The Morgan fingerprint density at radius 1 is 1.64 bits per heavy atom. The Labute approximate surface area is 95.6 Å². The molecule has 1 aromatic heterocycles. The van der Waals surface area contributed by atoms with Gasteiger partial charge in [-0.3, -0.25) is 10.1 Å². The molecule has 0 bridgehead atoms. The number of nitrogens with zero attached hydrogens (tertiary/aromatic N) is 2. The Morgan fingerprint density at radius 3 is 2.57 bits per heavy atom. The quantitative estimate of drug-likeness (QED) is 0.361. The third-order valence-corrected chi connectivity index (χ3v) is 2.42. The van der Waals surface area contributed by atoms with E-state index < -0.39 is 27.9 Å². The Bertz CT molecular complexity index is 365. The van der Waals surface area contributed by atoms with Crippen molar-refractivity contribution in [2.75, 3.05) is 0 Å². The number of alkyl halides is 2. The highest BCUT2D eigenvalue weighted by Crippen LogP contribution is 2.31. The van der Waals surface area contributed by atoms with Crippen LogP contribution in [-0.2, 0) is 0 Å². The van der Waals surface area contributed by atoms with E-state index in [0.29, 0.717) is 0 Å². The highest BCUT2D eigenvalue weighted by molar-refractivity contribution is 14.1. The number of aromatic nitrogens is 1. The fourth-order valence-corrected chi connectivity index (χ4v) is 1.97. The molecule has 76 valence electrons. The van der Waals surface area contributed by atoms with Gasteiger partial charge >= 0.3 is 5.69 Å². The fraction of sp³-hybridized carbons (Fsp3) is 0.167. The average molecular weight is 334 g/mol. The molecule has 0 N–H and O–H groups in total. The van der Waals surface area contributed by atoms with Crippen LogP contribution in [0, 0.1) is 13.7 Å². The molecule has 0 unspecified atom stereocenters. The molecule has 0 aliphatic rings. The van der Waals surface area contributed by atoms with Gasteiger partial charge in [0.05, 0.1) is 8.49 Å². The second-order valence-corrected chi connectivity index (χ2v) is 3.75. The predicted molar refractivity (Wildman–Crippen MR) is 53.6 cm³/mol. The van der Waals surface area contributed by atoms with Crippen molar-refractivity contribution in [1.82, 2.24) is 4.98 Å². The fourth-order valence-electron chi connectivity index (χ4n) is 0.770. The summed E-state index contributed by atoms with van der Waals surface area (Å²) in [5.74, 6) is 0. The van der Waals surface area contributed by atoms with Gasteiger partial charge in [0, 0.05) is 0 Å². The van der Waals surface area contributed by atoms with Crippen LogP contribution in [0.25, 0.3) is 0 Å². The Balaban J connectivity index is 3.32. The first-order valence-electron chi connectivity index (χ1n) is 3.22. The standard InChI is InChI=1S/C6H2ClF2IN2O2/c7-5-4(12(13)14)2(10)1-3(11-5)6(8)9/h1,6H. The number of pyridine rings is 1. The highest BCUT2D eigenvalue weighted by Gasteiger charge is 2.22. The van der Waals surface area contributed by atoms with Crippen LogP contribution in [0.3, 0.4) is 0 Å². The molecule has 1 aromatic rings. The van der Waals surface area contributed by atoms with Crippen molar-refractivity contribution in [2.45, 2.75) is 6.43 Å². The van der Waals surface area contributed by atoms with Gasteiger partial charge < -0.3 is 0 Å². The zero-order chi connectivity index (χ0) is 10.9. The summed E-state index contributed by atoms with van der Waals surface area (Å²) in [7, 11) is 0. The molecular formula is C6H2ClF2IN2O2. The Hall–Kier alpha value is -0.570. The van der Waals surface area contributed by atoms with Crippen molar-refractivity contribution in [3.05, 3.63) is 30.6 Å². The molecule has 0 saturated carbocycles. The van der Waals surface area contributed by atoms with Crippen molar-refractivity contribution in [3.8, 4) is 0 Å². The number of halogens is 4. The van der Waals surface area contributed by atoms with Crippen LogP contribution < -0.4 is 0 Å². The van der Waals surface area contributed by atoms with Crippen LogP contribution in [0.4, 0.5) is 14.5 Å². The molecule has 4 nitrogen and oxygen atoms in total. The molecule has 0 spiro atoms. The zero-order valence-corrected chi connectivity index (χ0v) is 9.29. The van der Waals surface area contributed by atoms with Crippen molar-refractivity contribution in [3.63, 3.8) is 0 Å². The largest absolute Gasteiger partial charge is 0.319 e. The Morgan fingerprint density at radius 2 is 2.21 bits per heavy atom. The molecule has 1 rings (SSSR count).